The second kappa shape index (κ2) is 3.09. The quantitative estimate of drug-likeness (QED) is 0.789. The van der Waals surface area contributed by atoms with Crippen molar-refractivity contribution in [1.82, 2.24) is 9.78 Å². The molecular weight excluding hydrogens is 174 g/mol. The maximum Gasteiger partial charge on any atom is 0.0625 e. The molecule has 0 atom stereocenters. The van der Waals surface area contributed by atoms with Crippen LogP contribution in [-0.4, -0.2) is 15.3 Å². The van der Waals surface area contributed by atoms with Gasteiger partial charge in [0, 0.05) is 18.3 Å². The van der Waals surface area contributed by atoms with Gasteiger partial charge in [-0.2, -0.15) is 5.10 Å². The van der Waals surface area contributed by atoms with Crippen LogP contribution in [0.25, 0.3) is 0 Å². The average molecular weight is 193 g/mol. The lowest BCUT2D eigenvalue weighted by Gasteiger charge is -2.08. The van der Waals surface area contributed by atoms with Crippen molar-refractivity contribution in [1.29, 1.82) is 0 Å². The summed E-state index contributed by atoms with van der Waals surface area (Å²) in [5.74, 6) is 0. The fourth-order valence-electron chi connectivity index (χ4n) is 1.94. The second-order valence-corrected chi connectivity index (χ2v) is 4.64. The summed E-state index contributed by atoms with van der Waals surface area (Å²) in [5.41, 5.74) is 10.0. The number of aryl methyl sites for hydroxylation is 2. The van der Waals surface area contributed by atoms with Crippen molar-refractivity contribution < 1.29 is 0 Å². The highest BCUT2D eigenvalue weighted by Gasteiger charge is 2.37. The Hall–Kier alpha value is -0.830. The SMILES string of the molecule is Cc1nn(C)c(CCC2(N)CC2)c1C. The molecular formula is C11H19N3. The summed E-state index contributed by atoms with van der Waals surface area (Å²) >= 11 is 0. The van der Waals surface area contributed by atoms with Crippen molar-refractivity contribution in [3.05, 3.63) is 17.0 Å². The lowest BCUT2D eigenvalue weighted by atomic mass is 10.1. The highest BCUT2D eigenvalue weighted by atomic mass is 15.3. The summed E-state index contributed by atoms with van der Waals surface area (Å²) in [6, 6.07) is 0. The van der Waals surface area contributed by atoms with Gasteiger partial charge in [-0.25, -0.2) is 0 Å². The van der Waals surface area contributed by atoms with Gasteiger partial charge >= 0.3 is 0 Å². The van der Waals surface area contributed by atoms with Gasteiger partial charge in [-0.05, 0) is 45.1 Å². The van der Waals surface area contributed by atoms with E-state index in [1.165, 1.54) is 24.1 Å². The molecule has 0 aliphatic heterocycles. The van der Waals surface area contributed by atoms with Crippen LogP contribution >= 0.6 is 0 Å². The Labute approximate surface area is 85.3 Å². The van der Waals surface area contributed by atoms with E-state index in [1.807, 2.05) is 11.7 Å². The summed E-state index contributed by atoms with van der Waals surface area (Å²) in [6.07, 6.45) is 4.57. The van der Waals surface area contributed by atoms with Crippen LogP contribution in [-0.2, 0) is 13.5 Å². The standard InChI is InChI=1S/C11H19N3/c1-8-9(2)13-14(3)10(8)4-5-11(12)6-7-11/h4-7,12H2,1-3H3. The summed E-state index contributed by atoms with van der Waals surface area (Å²) in [6.45, 7) is 4.21. The van der Waals surface area contributed by atoms with E-state index >= 15 is 0 Å². The van der Waals surface area contributed by atoms with E-state index in [4.69, 9.17) is 5.73 Å². The van der Waals surface area contributed by atoms with Crippen molar-refractivity contribution in [3.63, 3.8) is 0 Å². The van der Waals surface area contributed by atoms with Gasteiger partial charge in [0.25, 0.3) is 0 Å². The Morgan fingerprint density at radius 1 is 1.43 bits per heavy atom. The molecule has 0 unspecified atom stereocenters. The minimum Gasteiger partial charge on any atom is -0.325 e. The fraction of sp³-hybridized carbons (Fsp3) is 0.727. The van der Waals surface area contributed by atoms with E-state index in [0.29, 0.717) is 0 Å². The Bertz CT molecular complexity index is 348. The Balaban J connectivity index is 2.08. The van der Waals surface area contributed by atoms with E-state index in [9.17, 15) is 0 Å². The third-order valence-corrected chi connectivity index (χ3v) is 3.42. The lowest BCUT2D eigenvalue weighted by Crippen LogP contribution is -2.22. The third-order valence-electron chi connectivity index (χ3n) is 3.42. The van der Waals surface area contributed by atoms with Crippen LogP contribution < -0.4 is 5.73 Å². The van der Waals surface area contributed by atoms with Gasteiger partial charge in [0.2, 0.25) is 0 Å². The smallest absolute Gasteiger partial charge is 0.0625 e. The molecule has 1 aromatic heterocycles. The van der Waals surface area contributed by atoms with Crippen molar-refractivity contribution in [2.24, 2.45) is 12.8 Å². The molecule has 1 heterocycles. The van der Waals surface area contributed by atoms with Crippen molar-refractivity contribution >= 4 is 0 Å². The molecule has 0 spiro atoms. The molecule has 0 amide bonds. The van der Waals surface area contributed by atoms with Crippen LogP contribution in [0.3, 0.4) is 0 Å². The van der Waals surface area contributed by atoms with Crippen LogP contribution in [0.2, 0.25) is 0 Å². The number of aromatic nitrogens is 2. The van der Waals surface area contributed by atoms with Gasteiger partial charge in [-0.15, -0.1) is 0 Å². The van der Waals surface area contributed by atoms with Crippen LogP contribution in [0.1, 0.15) is 36.2 Å². The number of nitrogens with zero attached hydrogens (tertiary/aromatic N) is 2. The highest BCUT2D eigenvalue weighted by Crippen LogP contribution is 2.36. The van der Waals surface area contributed by atoms with E-state index in [0.717, 1.165) is 18.5 Å². The first-order valence-electron chi connectivity index (χ1n) is 5.30. The first-order valence-corrected chi connectivity index (χ1v) is 5.30. The first kappa shape index (κ1) is 9.71. The van der Waals surface area contributed by atoms with E-state index < -0.39 is 0 Å². The molecule has 0 saturated heterocycles. The minimum absolute atomic E-state index is 0.157. The van der Waals surface area contributed by atoms with Gasteiger partial charge in [0.1, 0.15) is 0 Å². The minimum atomic E-state index is 0.157. The third kappa shape index (κ3) is 1.69. The Morgan fingerprint density at radius 2 is 2.07 bits per heavy atom. The van der Waals surface area contributed by atoms with Crippen molar-refractivity contribution in [2.45, 2.75) is 45.1 Å². The molecule has 1 saturated carbocycles. The predicted molar refractivity (Wildman–Crippen MR) is 57.2 cm³/mol. The highest BCUT2D eigenvalue weighted by molar-refractivity contribution is 5.24. The summed E-state index contributed by atoms with van der Waals surface area (Å²) < 4.78 is 2.00. The van der Waals surface area contributed by atoms with Crippen LogP contribution in [0.15, 0.2) is 0 Å². The molecule has 0 radical (unpaired) electrons. The zero-order valence-corrected chi connectivity index (χ0v) is 9.30. The molecule has 1 aliphatic rings. The van der Waals surface area contributed by atoms with E-state index in [1.54, 1.807) is 0 Å². The molecule has 1 fully saturated rings. The van der Waals surface area contributed by atoms with E-state index in [2.05, 4.69) is 18.9 Å². The molecule has 3 nitrogen and oxygen atoms in total. The van der Waals surface area contributed by atoms with Crippen LogP contribution in [0.4, 0.5) is 0 Å². The van der Waals surface area contributed by atoms with Crippen LogP contribution in [0, 0.1) is 13.8 Å². The molecule has 1 aliphatic carbocycles. The number of hydrogen-bond acceptors (Lipinski definition) is 2. The lowest BCUT2D eigenvalue weighted by molar-refractivity contribution is 0.581. The summed E-state index contributed by atoms with van der Waals surface area (Å²) in [4.78, 5) is 0. The summed E-state index contributed by atoms with van der Waals surface area (Å²) in [7, 11) is 2.02. The maximum atomic E-state index is 6.07. The van der Waals surface area contributed by atoms with Gasteiger partial charge in [0.05, 0.1) is 5.69 Å². The van der Waals surface area contributed by atoms with Gasteiger partial charge < -0.3 is 5.73 Å². The summed E-state index contributed by atoms with van der Waals surface area (Å²) in [5, 5.41) is 4.41. The maximum absolute atomic E-state index is 6.07. The predicted octanol–water partition coefficient (Wildman–Crippen LogP) is 1.46. The van der Waals surface area contributed by atoms with Crippen molar-refractivity contribution in [2.75, 3.05) is 0 Å². The molecule has 2 rings (SSSR count). The largest absolute Gasteiger partial charge is 0.325 e. The normalized spacial score (nSPS) is 18.6. The fourth-order valence-corrected chi connectivity index (χ4v) is 1.94. The van der Waals surface area contributed by atoms with Gasteiger partial charge in [-0.3, -0.25) is 4.68 Å². The number of nitrogens with two attached hydrogens (primary N) is 1. The molecule has 78 valence electrons. The molecule has 2 N–H and O–H groups in total. The molecule has 0 bridgehead atoms. The molecule has 0 aromatic carbocycles. The first-order chi connectivity index (χ1) is 6.52. The van der Waals surface area contributed by atoms with E-state index in [-0.39, 0.29) is 5.54 Å². The Kier molecular flexibility index (Phi) is 2.14. The van der Waals surface area contributed by atoms with Gasteiger partial charge in [0.15, 0.2) is 0 Å². The zero-order chi connectivity index (χ0) is 10.3. The topological polar surface area (TPSA) is 43.8 Å². The molecule has 1 aromatic rings. The average Bonchev–Trinajstić information content (AvgIpc) is 2.78. The number of hydrogen-bond donors (Lipinski definition) is 1. The Morgan fingerprint density at radius 3 is 2.50 bits per heavy atom. The monoisotopic (exact) mass is 193 g/mol. The van der Waals surface area contributed by atoms with Gasteiger partial charge in [-0.1, -0.05) is 0 Å². The number of rotatable bonds is 3. The molecule has 14 heavy (non-hydrogen) atoms. The molecule has 3 heteroatoms. The van der Waals surface area contributed by atoms with Crippen LogP contribution in [0.5, 0.6) is 0 Å². The second-order valence-electron chi connectivity index (χ2n) is 4.64. The zero-order valence-electron chi connectivity index (χ0n) is 9.30. The van der Waals surface area contributed by atoms with Crippen molar-refractivity contribution in [3.8, 4) is 0 Å².